The Bertz CT molecular complexity index is 891. The first-order valence-corrected chi connectivity index (χ1v) is 13.6. The SMILES string of the molecule is CCOP(=O)(OCC)C1(P(=O)(OCC)OCC)CC(C(=O)c2ccc(Cl)cc2Cl)=NN1. The molecule has 0 aliphatic carbocycles. The van der Waals surface area contributed by atoms with Crippen LogP contribution in [0, 0.1) is 0 Å². The van der Waals surface area contributed by atoms with Gasteiger partial charge >= 0.3 is 15.2 Å². The van der Waals surface area contributed by atoms with Gasteiger partial charge in [-0.3, -0.25) is 19.4 Å². The zero-order valence-corrected chi connectivity index (χ0v) is 21.0. The van der Waals surface area contributed by atoms with Crippen LogP contribution < -0.4 is 5.43 Å². The van der Waals surface area contributed by atoms with Crippen LogP contribution in [-0.2, 0) is 27.2 Å². The van der Waals surface area contributed by atoms with Crippen molar-refractivity contribution < 1.29 is 32.0 Å². The average Bonchev–Trinajstić information content (AvgIpc) is 3.16. The second-order valence-electron chi connectivity index (χ2n) is 6.28. The van der Waals surface area contributed by atoms with Crippen LogP contribution in [0.1, 0.15) is 44.5 Å². The third-order valence-corrected chi connectivity index (χ3v) is 11.1. The Kier molecular flexibility index (Phi) is 9.32. The summed E-state index contributed by atoms with van der Waals surface area (Å²) in [4.78, 5) is 13.1. The van der Waals surface area contributed by atoms with E-state index in [9.17, 15) is 13.9 Å². The molecule has 0 radical (unpaired) electrons. The molecule has 1 aliphatic heterocycles. The van der Waals surface area contributed by atoms with Gasteiger partial charge in [-0.25, -0.2) is 0 Å². The first-order valence-electron chi connectivity index (χ1n) is 9.75. The van der Waals surface area contributed by atoms with Crippen LogP contribution in [0.5, 0.6) is 0 Å². The number of hydrazone groups is 1. The molecule has 1 aromatic rings. The minimum absolute atomic E-state index is 0.00868. The number of hydrogen-bond acceptors (Lipinski definition) is 9. The van der Waals surface area contributed by atoms with E-state index in [4.69, 9.17) is 41.3 Å². The van der Waals surface area contributed by atoms with Crippen LogP contribution in [0.25, 0.3) is 0 Å². The quantitative estimate of drug-likeness (QED) is 0.278. The van der Waals surface area contributed by atoms with Crippen LogP contribution in [-0.4, -0.2) is 42.9 Å². The summed E-state index contributed by atoms with van der Waals surface area (Å²) in [6, 6.07) is 4.38. The van der Waals surface area contributed by atoms with Crippen molar-refractivity contribution >= 4 is 49.9 Å². The fourth-order valence-corrected chi connectivity index (χ4v) is 8.86. The number of carbonyl (C=O) groups excluding carboxylic acids is 1. The molecule has 2 rings (SSSR count). The van der Waals surface area contributed by atoms with Crippen LogP contribution in [0.2, 0.25) is 10.0 Å². The van der Waals surface area contributed by atoms with Crippen LogP contribution >= 0.6 is 38.4 Å². The molecule has 0 unspecified atom stereocenters. The summed E-state index contributed by atoms with van der Waals surface area (Å²) in [6.07, 6.45) is -0.390. The lowest BCUT2D eigenvalue weighted by Gasteiger charge is -2.38. The van der Waals surface area contributed by atoms with Crippen LogP contribution in [0.4, 0.5) is 0 Å². The number of carbonyl (C=O) groups is 1. The van der Waals surface area contributed by atoms with Crippen LogP contribution in [0.3, 0.4) is 0 Å². The van der Waals surface area contributed by atoms with Crippen molar-refractivity contribution in [2.45, 2.75) is 39.1 Å². The van der Waals surface area contributed by atoms with E-state index in [1.165, 1.54) is 18.2 Å². The Morgan fingerprint density at radius 2 is 1.48 bits per heavy atom. The number of ketones is 1. The van der Waals surface area contributed by atoms with Crippen molar-refractivity contribution in [2.75, 3.05) is 26.4 Å². The number of hydrogen-bond donors (Lipinski definition) is 1. The molecule has 0 atom stereocenters. The zero-order chi connectivity index (χ0) is 23.3. The van der Waals surface area contributed by atoms with Gasteiger partial charge in [-0.2, -0.15) is 5.10 Å². The van der Waals surface area contributed by atoms with Gasteiger partial charge in [0, 0.05) is 17.0 Å². The summed E-state index contributed by atoms with van der Waals surface area (Å²) in [5, 5.41) is 2.49. The molecule has 9 nitrogen and oxygen atoms in total. The standard InChI is InChI=1S/C18H26Cl2N2O7P2/c1-5-26-30(24,27-6-2)18(31(25,28-7-3)29-8-4)12-16(21-22-18)17(23)14-10-9-13(19)11-15(14)20/h9-11,22H,5-8,12H2,1-4H3. The first kappa shape index (κ1) is 26.5. The first-order chi connectivity index (χ1) is 14.6. The van der Waals surface area contributed by atoms with E-state index in [0.29, 0.717) is 5.02 Å². The van der Waals surface area contributed by atoms with Crippen molar-refractivity contribution in [1.82, 2.24) is 5.43 Å². The molecule has 0 amide bonds. The van der Waals surface area contributed by atoms with Gasteiger partial charge in [-0.05, 0) is 45.9 Å². The highest BCUT2D eigenvalue weighted by Crippen LogP contribution is 2.78. The van der Waals surface area contributed by atoms with Gasteiger partial charge in [-0.1, -0.05) is 23.2 Å². The number of Topliss-reactive ketones (excluding diaryl/α,β-unsaturated/α-hetero) is 1. The molecule has 1 N–H and O–H groups in total. The lowest BCUT2D eigenvalue weighted by molar-refractivity contribution is 0.106. The molecule has 1 heterocycles. The molecule has 1 aromatic carbocycles. The summed E-state index contributed by atoms with van der Waals surface area (Å²) in [5.41, 5.74) is 2.65. The van der Waals surface area contributed by atoms with Gasteiger partial charge in [0.25, 0.3) is 5.02 Å². The van der Waals surface area contributed by atoms with Crippen molar-refractivity contribution in [3.8, 4) is 0 Å². The molecule has 0 saturated carbocycles. The molecular weight excluding hydrogens is 489 g/mol. The second kappa shape index (κ2) is 10.9. The number of rotatable bonds is 12. The molecule has 13 heteroatoms. The smallest absolute Gasteiger partial charge is 0.307 e. The predicted molar refractivity (Wildman–Crippen MR) is 120 cm³/mol. The van der Waals surface area contributed by atoms with E-state index in [2.05, 4.69) is 10.5 Å². The van der Waals surface area contributed by atoms with Gasteiger partial charge in [0.05, 0.1) is 31.5 Å². The van der Waals surface area contributed by atoms with Crippen molar-refractivity contribution in [2.24, 2.45) is 5.10 Å². The van der Waals surface area contributed by atoms with E-state index >= 15 is 0 Å². The van der Waals surface area contributed by atoms with E-state index < -0.39 is 26.0 Å². The minimum atomic E-state index is -4.21. The topological polar surface area (TPSA) is 113 Å². The van der Waals surface area contributed by atoms with Crippen molar-refractivity contribution in [3.05, 3.63) is 33.8 Å². The summed E-state index contributed by atoms with van der Waals surface area (Å²) in [5.74, 6) is -0.560. The molecule has 0 fully saturated rings. The Hall–Kier alpha value is -0.760. The molecule has 0 bridgehead atoms. The fraction of sp³-hybridized carbons (Fsp3) is 0.556. The fourth-order valence-electron chi connectivity index (χ4n) is 3.08. The zero-order valence-electron chi connectivity index (χ0n) is 17.7. The number of halogens is 2. The molecule has 0 aromatic heterocycles. The summed E-state index contributed by atoms with van der Waals surface area (Å²) in [6.45, 7) is 6.41. The Morgan fingerprint density at radius 1 is 1.00 bits per heavy atom. The van der Waals surface area contributed by atoms with Gasteiger partial charge in [0.2, 0.25) is 5.78 Å². The second-order valence-corrected chi connectivity index (χ2v) is 12.0. The van der Waals surface area contributed by atoms with Crippen molar-refractivity contribution in [1.29, 1.82) is 0 Å². The van der Waals surface area contributed by atoms with Gasteiger partial charge < -0.3 is 18.1 Å². The Labute approximate surface area is 191 Å². The van der Waals surface area contributed by atoms with E-state index in [1.54, 1.807) is 27.7 Å². The minimum Gasteiger partial charge on any atom is -0.307 e. The number of benzene rings is 1. The monoisotopic (exact) mass is 514 g/mol. The summed E-state index contributed by atoms with van der Waals surface area (Å²) >= 11 is 12.1. The molecule has 174 valence electrons. The van der Waals surface area contributed by atoms with Crippen LogP contribution in [0.15, 0.2) is 23.3 Å². The summed E-state index contributed by atoms with van der Waals surface area (Å²) in [7, 11) is -8.42. The number of nitrogens with zero attached hydrogens (tertiary/aromatic N) is 1. The average molecular weight is 515 g/mol. The highest BCUT2D eigenvalue weighted by atomic mass is 35.5. The highest BCUT2D eigenvalue weighted by molar-refractivity contribution is 7.74. The highest BCUT2D eigenvalue weighted by Gasteiger charge is 2.68. The van der Waals surface area contributed by atoms with E-state index in [-0.39, 0.29) is 49.1 Å². The molecule has 0 spiro atoms. The molecule has 1 aliphatic rings. The lowest BCUT2D eigenvalue weighted by Crippen LogP contribution is -2.42. The maximum Gasteiger partial charge on any atom is 0.370 e. The number of nitrogens with one attached hydrogen (secondary N) is 1. The van der Waals surface area contributed by atoms with E-state index in [1.807, 2.05) is 0 Å². The Morgan fingerprint density at radius 3 is 1.90 bits per heavy atom. The molecular formula is C18H26Cl2N2O7P2. The maximum atomic E-state index is 13.9. The third-order valence-electron chi connectivity index (χ3n) is 4.32. The lowest BCUT2D eigenvalue weighted by atomic mass is 10.1. The van der Waals surface area contributed by atoms with Crippen molar-refractivity contribution in [3.63, 3.8) is 0 Å². The molecule has 31 heavy (non-hydrogen) atoms. The summed E-state index contributed by atoms with van der Waals surface area (Å²) < 4.78 is 49.7. The predicted octanol–water partition coefficient (Wildman–Crippen LogP) is 5.71. The van der Waals surface area contributed by atoms with Gasteiger partial charge in [0.15, 0.2) is 0 Å². The maximum absolute atomic E-state index is 13.9. The van der Waals surface area contributed by atoms with Gasteiger partial charge in [0.1, 0.15) is 5.71 Å². The van der Waals surface area contributed by atoms with E-state index in [0.717, 1.165) is 0 Å². The molecule has 0 saturated heterocycles. The normalized spacial score (nSPS) is 16.1. The van der Waals surface area contributed by atoms with Gasteiger partial charge in [-0.15, -0.1) is 0 Å². The largest absolute Gasteiger partial charge is 0.370 e. The Balaban J connectivity index is 2.57. The third kappa shape index (κ3) is 5.10.